The molecule has 0 radical (unpaired) electrons. The number of ether oxygens (including phenoxy) is 1. The highest BCUT2D eigenvalue weighted by atomic mass is 16.5. The molecule has 1 fully saturated rings. The summed E-state index contributed by atoms with van der Waals surface area (Å²) < 4.78 is 6.15. The Labute approximate surface area is 115 Å². The van der Waals surface area contributed by atoms with Crippen molar-refractivity contribution in [2.75, 3.05) is 26.7 Å². The normalized spacial score (nSPS) is 26.9. The molecule has 1 heterocycles. The first-order valence-corrected chi connectivity index (χ1v) is 7.17. The summed E-state index contributed by atoms with van der Waals surface area (Å²) in [5, 5.41) is 0. The van der Waals surface area contributed by atoms with Crippen LogP contribution in [0.3, 0.4) is 0 Å². The Balaban J connectivity index is 1.89. The molecule has 0 aliphatic carbocycles. The van der Waals surface area contributed by atoms with Crippen LogP contribution in [0.2, 0.25) is 0 Å². The zero-order valence-electron chi connectivity index (χ0n) is 12.0. The molecule has 1 aliphatic heterocycles. The number of quaternary nitrogens is 1. The molecule has 3 nitrogen and oxygen atoms in total. The van der Waals surface area contributed by atoms with E-state index in [1.165, 1.54) is 5.56 Å². The van der Waals surface area contributed by atoms with Crippen LogP contribution in [0.5, 0.6) is 0 Å². The predicted octanol–water partition coefficient (Wildman–Crippen LogP) is 2.61. The van der Waals surface area contributed by atoms with Crippen molar-refractivity contribution in [3.05, 3.63) is 35.9 Å². The van der Waals surface area contributed by atoms with E-state index in [-0.39, 0.29) is 11.9 Å². The average molecular weight is 262 g/mol. The van der Waals surface area contributed by atoms with Crippen molar-refractivity contribution in [1.82, 2.24) is 0 Å². The van der Waals surface area contributed by atoms with E-state index in [1.54, 1.807) is 0 Å². The molecule has 1 aromatic rings. The van der Waals surface area contributed by atoms with Gasteiger partial charge in [0.15, 0.2) is 0 Å². The Bertz CT molecular complexity index is 408. The van der Waals surface area contributed by atoms with Crippen molar-refractivity contribution in [2.45, 2.75) is 26.3 Å². The van der Waals surface area contributed by atoms with E-state index in [9.17, 15) is 4.79 Å². The van der Waals surface area contributed by atoms with Gasteiger partial charge < -0.3 is 9.22 Å². The van der Waals surface area contributed by atoms with Crippen LogP contribution in [-0.4, -0.2) is 37.2 Å². The monoisotopic (exact) mass is 262 g/mol. The van der Waals surface area contributed by atoms with Gasteiger partial charge in [0, 0.05) is 18.4 Å². The Morgan fingerprint density at radius 2 is 1.89 bits per heavy atom. The molecule has 104 valence electrons. The fourth-order valence-electron chi connectivity index (χ4n) is 2.87. The molecule has 1 aliphatic rings. The minimum atomic E-state index is -0.00605. The van der Waals surface area contributed by atoms with Gasteiger partial charge >= 0.3 is 5.97 Å². The maximum absolute atomic E-state index is 11.7. The average Bonchev–Trinajstić information content (AvgIpc) is 2.40. The SMILES string of the molecule is CCOC(=O)C1CC[N+](C)(Cc2ccccc2)CC1. The van der Waals surface area contributed by atoms with Gasteiger partial charge in [0.05, 0.1) is 32.7 Å². The zero-order valence-corrected chi connectivity index (χ0v) is 12.0. The fraction of sp³-hybridized carbons (Fsp3) is 0.562. The topological polar surface area (TPSA) is 26.3 Å². The summed E-state index contributed by atoms with van der Waals surface area (Å²) in [4.78, 5) is 11.7. The van der Waals surface area contributed by atoms with E-state index >= 15 is 0 Å². The molecular formula is C16H24NO2+. The molecule has 0 unspecified atom stereocenters. The summed E-state index contributed by atoms with van der Waals surface area (Å²) >= 11 is 0. The molecule has 0 amide bonds. The smallest absolute Gasteiger partial charge is 0.309 e. The van der Waals surface area contributed by atoms with E-state index in [4.69, 9.17) is 4.74 Å². The first kappa shape index (κ1) is 14.1. The van der Waals surface area contributed by atoms with E-state index in [0.29, 0.717) is 6.61 Å². The van der Waals surface area contributed by atoms with E-state index in [1.807, 2.05) is 6.92 Å². The number of hydrogen-bond donors (Lipinski definition) is 0. The van der Waals surface area contributed by atoms with Gasteiger partial charge in [0.25, 0.3) is 0 Å². The highest BCUT2D eigenvalue weighted by Crippen LogP contribution is 2.25. The van der Waals surface area contributed by atoms with Crippen LogP contribution < -0.4 is 0 Å². The van der Waals surface area contributed by atoms with Crippen molar-refractivity contribution < 1.29 is 14.0 Å². The molecule has 1 aromatic carbocycles. The van der Waals surface area contributed by atoms with Gasteiger partial charge in [0.1, 0.15) is 6.54 Å². The second kappa shape index (κ2) is 6.20. The molecule has 0 N–H and O–H groups in total. The third kappa shape index (κ3) is 3.80. The molecule has 3 heteroatoms. The molecule has 0 atom stereocenters. The maximum Gasteiger partial charge on any atom is 0.309 e. The molecule has 0 spiro atoms. The molecular weight excluding hydrogens is 238 g/mol. The van der Waals surface area contributed by atoms with Crippen LogP contribution in [-0.2, 0) is 16.1 Å². The van der Waals surface area contributed by atoms with Gasteiger partial charge in [-0.1, -0.05) is 30.3 Å². The molecule has 1 saturated heterocycles. The van der Waals surface area contributed by atoms with E-state index in [2.05, 4.69) is 37.4 Å². The number of rotatable bonds is 4. The number of nitrogens with zero attached hydrogens (tertiary/aromatic N) is 1. The lowest BCUT2D eigenvalue weighted by Gasteiger charge is -2.40. The van der Waals surface area contributed by atoms with Crippen LogP contribution >= 0.6 is 0 Å². The summed E-state index contributed by atoms with van der Waals surface area (Å²) in [6, 6.07) is 10.6. The number of carbonyl (C=O) groups excluding carboxylic acids is 1. The minimum Gasteiger partial charge on any atom is -0.466 e. The Morgan fingerprint density at radius 1 is 1.26 bits per heavy atom. The van der Waals surface area contributed by atoms with E-state index in [0.717, 1.165) is 37.0 Å². The summed E-state index contributed by atoms with van der Waals surface area (Å²) in [6.07, 6.45) is 1.89. The first-order chi connectivity index (χ1) is 9.13. The number of hydrogen-bond acceptors (Lipinski definition) is 2. The Hall–Kier alpha value is -1.35. The lowest BCUT2D eigenvalue weighted by molar-refractivity contribution is -0.927. The van der Waals surface area contributed by atoms with Crippen LogP contribution in [0.4, 0.5) is 0 Å². The van der Waals surface area contributed by atoms with Gasteiger partial charge in [-0.05, 0) is 6.92 Å². The third-order valence-electron chi connectivity index (χ3n) is 4.06. The van der Waals surface area contributed by atoms with E-state index < -0.39 is 0 Å². The number of benzene rings is 1. The molecule has 0 saturated carbocycles. The minimum absolute atomic E-state index is 0.00605. The lowest BCUT2D eigenvalue weighted by atomic mass is 9.95. The van der Waals surface area contributed by atoms with Crippen LogP contribution in [0.15, 0.2) is 30.3 Å². The second-order valence-electron chi connectivity index (χ2n) is 5.74. The summed E-state index contributed by atoms with van der Waals surface area (Å²) in [5.74, 6) is 0.107. The zero-order chi connectivity index (χ0) is 13.7. The fourth-order valence-corrected chi connectivity index (χ4v) is 2.87. The highest BCUT2D eigenvalue weighted by molar-refractivity contribution is 5.72. The summed E-state index contributed by atoms with van der Waals surface area (Å²) in [5.41, 5.74) is 1.37. The van der Waals surface area contributed by atoms with Gasteiger partial charge in [0.2, 0.25) is 0 Å². The van der Waals surface area contributed by atoms with Crippen molar-refractivity contribution in [2.24, 2.45) is 5.92 Å². The number of esters is 1. The lowest BCUT2D eigenvalue weighted by Crippen LogP contribution is -2.50. The molecule has 0 bridgehead atoms. The van der Waals surface area contributed by atoms with Gasteiger partial charge in [-0.25, -0.2) is 0 Å². The van der Waals surface area contributed by atoms with Crippen LogP contribution in [0, 0.1) is 5.92 Å². The van der Waals surface area contributed by atoms with Crippen LogP contribution in [0.25, 0.3) is 0 Å². The Kier molecular flexibility index (Phi) is 4.59. The highest BCUT2D eigenvalue weighted by Gasteiger charge is 2.34. The standard InChI is InChI=1S/C16H24NO2/c1-3-19-16(18)15-9-11-17(2,12-10-15)13-14-7-5-4-6-8-14/h4-8,15H,3,9-13H2,1-2H3/q+1. The summed E-state index contributed by atoms with van der Waals surface area (Å²) in [6.45, 7) is 5.52. The van der Waals surface area contributed by atoms with Gasteiger partial charge in [-0.2, -0.15) is 0 Å². The second-order valence-corrected chi connectivity index (χ2v) is 5.74. The number of carbonyl (C=O) groups is 1. The first-order valence-electron chi connectivity index (χ1n) is 7.17. The number of likely N-dealkylation sites (tertiary alicyclic amines) is 1. The van der Waals surface area contributed by atoms with Crippen molar-refractivity contribution in [1.29, 1.82) is 0 Å². The third-order valence-corrected chi connectivity index (χ3v) is 4.06. The van der Waals surface area contributed by atoms with Crippen molar-refractivity contribution in [3.63, 3.8) is 0 Å². The molecule has 0 aromatic heterocycles. The van der Waals surface area contributed by atoms with Gasteiger partial charge in [-0.3, -0.25) is 4.79 Å². The van der Waals surface area contributed by atoms with Crippen molar-refractivity contribution in [3.8, 4) is 0 Å². The van der Waals surface area contributed by atoms with Crippen LogP contribution in [0.1, 0.15) is 25.3 Å². The van der Waals surface area contributed by atoms with Crippen molar-refractivity contribution >= 4 is 5.97 Å². The Morgan fingerprint density at radius 3 is 2.47 bits per heavy atom. The summed E-state index contributed by atoms with van der Waals surface area (Å²) in [7, 11) is 2.29. The molecule has 19 heavy (non-hydrogen) atoms. The number of piperidine rings is 1. The predicted molar refractivity (Wildman–Crippen MR) is 75.4 cm³/mol. The molecule has 2 rings (SSSR count). The van der Waals surface area contributed by atoms with Gasteiger partial charge in [-0.15, -0.1) is 0 Å². The maximum atomic E-state index is 11.7. The largest absolute Gasteiger partial charge is 0.466 e. The quantitative estimate of drug-likeness (QED) is 0.616.